The number of hydrogen-bond donors (Lipinski definition) is 1. The van der Waals surface area contributed by atoms with Crippen molar-refractivity contribution in [3.8, 4) is 0 Å². The van der Waals surface area contributed by atoms with Crippen molar-refractivity contribution in [2.45, 2.75) is 33.4 Å². The van der Waals surface area contributed by atoms with Crippen LogP contribution in [0.5, 0.6) is 0 Å². The maximum atomic E-state index is 5.68. The summed E-state index contributed by atoms with van der Waals surface area (Å²) in [5, 5.41) is 11.4. The Balaban J connectivity index is 1.97. The van der Waals surface area contributed by atoms with E-state index in [-0.39, 0.29) is 0 Å². The molecule has 6 heteroatoms. The Morgan fingerprint density at radius 1 is 1.20 bits per heavy atom. The molecule has 0 amide bonds. The van der Waals surface area contributed by atoms with Crippen LogP contribution in [-0.2, 0) is 13.1 Å². The molecule has 0 aromatic carbocycles. The third-order valence-corrected chi connectivity index (χ3v) is 2.93. The maximum Gasteiger partial charge on any atom is 0.318 e. The molecule has 0 atom stereocenters. The van der Waals surface area contributed by atoms with Gasteiger partial charge in [-0.3, -0.25) is 4.98 Å². The van der Waals surface area contributed by atoms with Crippen LogP contribution in [-0.4, -0.2) is 28.3 Å². The van der Waals surface area contributed by atoms with E-state index in [2.05, 4.69) is 34.3 Å². The average Bonchev–Trinajstić information content (AvgIpc) is 2.95. The number of aromatic nitrogens is 3. The Bertz CT molecular complexity index is 499. The van der Waals surface area contributed by atoms with Gasteiger partial charge in [-0.05, 0) is 37.6 Å². The molecule has 0 spiro atoms. The summed E-state index contributed by atoms with van der Waals surface area (Å²) in [6.45, 7) is 7.31. The highest BCUT2D eigenvalue weighted by atomic mass is 16.4. The number of nitrogens with one attached hydrogen (secondary N) is 1. The van der Waals surface area contributed by atoms with Crippen molar-refractivity contribution in [1.29, 1.82) is 0 Å². The normalized spacial score (nSPS) is 10.7. The molecule has 108 valence electrons. The van der Waals surface area contributed by atoms with Gasteiger partial charge in [0, 0.05) is 25.5 Å². The van der Waals surface area contributed by atoms with Gasteiger partial charge >= 0.3 is 6.01 Å². The first-order valence-electron chi connectivity index (χ1n) is 7.00. The zero-order valence-corrected chi connectivity index (χ0v) is 12.0. The van der Waals surface area contributed by atoms with Gasteiger partial charge in [0.05, 0.1) is 6.54 Å². The lowest BCUT2D eigenvalue weighted by molar-refractivity contribution is 0.461. The van der Waals surface area contributed by atoms with E-state index >= 15 is 0 Å². The molecule has 0 aliphatic carbocycles. The van der Waals surface area contributed by atoms with Crippen molar-refractivity contribution in [2.75, 3.05) is 18.0 Å². The highest BCUT2D eigenvalue weighted by Gasteiger charge is 2.13. The Kier molecular flexibility index (Phi) is 5.49. The molecule has 0 saturated carbocycles. The molecule has 0 aliphatic heterocycles. The smallest absolute Gasteiger partial charge is 0.318 e. The molecule has 2 rings (SSSR count). The number of nitrogens with zero attached hydrogens (tertiary/aromatic N) is 4. The molecule has 0 saturated heterocycles. The SMILES string of the molecule is CCCNCc1nnc(N(CC)Cc2ccncc2)o1. The van der Waals surface area contributed by atoms with Crippen molar-refractivity contribution in [3.63, 3.8) is 0 Å². The standard InChI is InChI=1S/C14H21N5O/c1-3-7-16-10-13-17-18-14(20-13)19(4-2)11-12-5-8-15-9-6-12/h5-6,8-9,16H,3-4,7,10-11H2,1-2H3. The molecule has 20 heavy (non-hydrogen) atoms. The van der Waals surface area contributed by atoms with Crippen molar-refractivity contribution >= 4 is 6.01 Å². The van der Waals surface area contributed by atoms with E-state index in [4.69, 9.17) is 4.42 Å². The van der Waals surface area contributed by atoms with Gasteiger partial charge in [0.15, 0.2) is 0 Å². The number of rotatable bonds is 8. The zero-order chi connectivity index (χ0) is 14.2. The molecule has 2 aromatic heterocycles. The van der Waals surface area contributed by atoms with Crippen LogP contribution in [0, 0.1) is 0 Å². The Labute approximate surface area is 119 Å². The molecule has 2 heterocycles. The van der Waals surface area contributed by atoms with Crippen molar-refractivity contribution in [2.24, 2.45) is 0 Å². The Hall–Kier alpha value is -1.95. The highest BCUT2D eigenvalue weighted by molar-refractivity contribution is 5.27. The summed E-state index contributed by atoms with van der Waals surface area (Å²) in [6, 6.07) is 4.54. The molecule has 0 unspecified atom stereocenters. The van der Waals surface area contributed by atoms with Crippen LogP contribution < -0.4 is 10.2 Å². The van der Waals surface area contributed by atoms with Gasteiger partial charge in [0.2, 0.25) is 5.89 Å². The van der Waals surface area contributed by atoms with E-state index in [0.717, 1.165) is 26.1 Å². The number of anilines is 1. The summed E-state index contributed by atoms with van der Waals surface area (Å²) >= 11 is 0. The second kappa shape index (κ2) is 7.59. The number of hydrogen-bond acceptors (Lipinski definition) is 6. The van der Waals surface area contributed by atoms with Crippen molar-refractivity contribution in [1.82, 2.24) is 20.5 Å². The minimum absolute atomic E-state index is 0.567. The molecule has 2 aromatic rings. The Morgan fingerprint density at radius 3 is 2.70 bits per heavy atom. The van der Waals surface area contributed by atoms with Gasteiger partial charge in [0.25, 0.3) is 0 Å². The van der Waals surface area contributed by atoms with E-state index in [0.29, 0.717) is 18.5 Å². The maximum absolute atomic E-state index is 5.68. The number of pyridine rings is 1. The van der Waals surface area contributed by atoms with E-state index < -0.39 is 0 Å². The van der Waals surface area contributed by atoms with E-state index in [9.17, 15) is 0 Å². The van der Waals surface area contributed by atoms with Crippen molar-refractivity contribution < 1.29 is 4.42 Å². The Morgan fingerprint density at radius 2 is 2.00 bits per heavy atom. The first-order valence-corrected chi connectivity index (χ1v) is 7.00. The topological polar surface area (TPSA) is 67.1 Å². The summed E-state index contributed by atoms with van der Waals surface area (Å²) in [7, 11) is 0. The summed E-state index contributed by atoms with van der Waals surface area (Å²) in [5.74, 6) is 0.627. The molecule has 1 N–H and O–H groups in total. The zero-order valence-electron chi connectivity index (χ0n) is 12.0. The fourth-order valence-corrected chi connectivity index (χ4v) is 1.84. The summed E-state index contributed by atoms with van der Waals surface area (Å²) in [4.78, 5) is 6.07. The first-order chi connectivity index (χ1) is 9.83. The van der Waals surface area contributed by atoms with Gasteiger partial charge in [-0.15, -0.1) is 5.10 Å². The highest BCUT2D eigenvalue weighted by Crippen LogP contribution is 2.15. The van der Waals surface area contributed by atoms with E-state index in [1.165, 1.54) is 5.56 Å². The van der Waals surface area contributed by atoms with Crippen LogP contribution in [0.2, 0.25) is 0 Å². The first kappa shape index (κ1) is 14.5. The van der Waals surface area contributed by atoms with Crippen LogP contribution in [0.4, 0.5) is 6.01 Å². The fraction of sp³-hybridized carbons (Fsp3) is 0.500. The lowest BCUT2D eigenvalue weighted by Gasteiger charge is -2.17. The summed E-state index contributed by atoms with van der Waals surface area (Å²) in [6.07, 6.45) is 4.66. The van der Waals surface area contributed by atoms with Crippen LogP contribution in [0.3, 0.4) is 0 Å². The van der Waals surface area contributed by atoms with Gasteiger partial charge < -0.3 is 14.6 Å². The van der Waals surface area contributed by atoms with Crippen LogP contribution in [0.25, 0.3) is 0 Å². The molecule has 0 radical (unpaired) electrons. The summed E-state index contributed by atoms with van der Waals surface area (Å²) in [5.41, 5.74) is 1.17. The second-order valence-electron chi connectivity index (χ2n) is 4.52. The van der Waals surface area contributed by atoms with Crippen LogP contribution in [0.1, 0.15) is 31.7 Å². The molecule has 0 fully saturated rings. The predicted octanol–water partition coefficient (Wildman–Crippen LogP) is 1.99. The molecular weight excluding hydrogens is 254 g/mol. The molecule has 0 aliphatic rings. The molecular formula is C14H21N5O. The van der Waals surface area contributed by atoms with E-state index in [1.807, 2.05) is 17.0 Å². The third-order valence-electron chi connectivity index (χ3n) is 2.93. The van der Waals surface area contributed by atoms with Gasteiger partial charge in [-0.25, -0.2) is 0 Å². The second-order valence-corrected chi connectivity index (χ2v) is 4.52. The third kappa shape index (κ3) is 4.03. The van der Waals surface area contributed by atoms with E-state index in [1.54, 1.807) is 12.4 Å². The van der Waals surface area contributed by atoms with Crippen molar-refractivity contribution in [3.05, 3.63) is 36.0 Å². The van der Waals surface area contributed by atoms with Gasteiger partial charge in [0.1, 0.15) is 0 Å². The predicted molar refractivity (Wildman–Crippen MR) is 77.3 cm³/mol. The minimum atomic E-state index is 0.567. The van der Waals surface area contributed by atoms with Gasteiger partial charge in [-0.2, -0.15) is 0 Å². The van der Waals surface area contributed by atoms with Crippen LogP contribution in [0.15, 0.2) is 28.9 Å². The summed E-state index contributed by atoms with van der Waals surface area (Å²) < 4.78 is 5.68. The van der Waals surface area contributed by atoms with Gasteiger partial charge in [-0.1, -0.05) is 12.0 Å². The average molecular weight is 275 g/mol. The van der Waals surface area contributed by atoms with Crippen LogP contribution >= 0.6 is 0 Å². The lowest BCUT2D eigenvalue weighted by atomic mass is 10.2. The lowest BCUT2D eigenvalue weighted by Crippen LogP contribution is -2.22. The monoisotopic (exact) mass is 275 g/mol. The fourth-order valence-electron chi connectivity index (χ4n) is 1.84. The quantitative estimate of drug-likeness (QED) is 0.743. The molecule has 6 nitrogen and oxygen atoms in total. The largest absolute Gasteiger partial charge is 0.407 e. The minimum Gasteiger partial charge on any atom is -0.407 e. The molecule has 0 bridgehead atoms.